The zero-order valence-corrected chi connectivity index (χ0v) is 17.7. The number of aryl methyl sites for hydroxylation is 1. The zero-order chi connectivity index (χ0) is 21.2. The van der Waals surface area contributed by atoms with Crippen LogP contribution in [-0.2, 0) is 18.4 Å². The molecule has 0 saturated carbocycles. The number of nitrogens with zero attached hydrogens (tertiary/aromatic N) is 4. The molecule has 2 aromatic carbocycles. The number of thiazole rings is 1. The predicted molar refractivity (Wildman–Crippen MR) is 112 cm³/mol. The first-order chi connectivity index (χ1) is 13.9. The minimum Gasteiger partial charge on any atom is -0.550 e. The molecule has 0 aliphatic carbocycles. The molecular weight excluding hydrogens is 388 g/mol. The van der Waals surface area contributed by atoms with Crippen LogP contribution in [0.2, 0.25) is 0 Å². The Labute approximate surface area is 174 Å². The normalized spacial score (nSPS) is 10.3. The van der Waals surface area contributed by atoms with E-state index in [1.807, 2.05) is 36.0 Å². The smallest absolute Gasteiger partial charge is 0.411 e. The van der Waals surface area contributed by atoms with Crippen molar-refractivity contribution in [3.8, 4) is 5.06 Å². The van der Waals surface area contributed by atoms with E-state index >= 15 is 0 Å². The van der Waals surface area contributed by atoms with Crippen LogP contribution in [0, 0.1) is 0 Å². The van der Waals surface area contributed by atoms with Gasteiger partial charge >= 0.3 is 5.13 Å². The van der Waals surface area contributed by atoms with Gasteiger partial charge in [0.25, 0.3) is 0 Å². The van der Waals surface area contributed by atoms with Crippen molar-refractivity contribution in [3.05, 3.63) is 66.4 Å². The standard InChI is InChI=1S/C19H21N4OS.C2H4O2/c1-22(13-15-7-5-4-6-8-15)17-11-9-16(10-12-17)20-21-19-23(2)14-18(24-3)25-19;1-2(3)4/h4-12,14H,13H2,1-3H3;1H3,(H,3,4)/q+1;/p-1. The number of rotatable bonds is 6. The van der Waals surface area contributed by atoms with Crippen LogP contribution in [0.1, 0.15) is 12.5 Å². The summed E-state index contributed by atoms with van der Waals surface area (Å²) in [6, 6.07) is 18.5. The lowest BCUT2D eigenvalue weighted by Crippen LogP contribution is -2.23. The number of ether oxygens (including phenoxy) is 1. The van der Waals surface area contributed by atoms with Gasteiger partial charge in [-0.3, -0.25) is 0 Å². The fraction of sp³-hybridized carbons (Fsp3) is 0.238. The van der Waals surface area contributed by atoms with Crippen molar-refractivity contribution in [3.63, 3.8) is 0 Å². The van der Waals surface area contributed by atoms with Gasteiger partial charge in [-0.15, -0.1) is 0 Å². The summed E-state index contributed by atoms with van der Waals surface area (Å²) in [6.45, 7) is 1.84. The second-order valence-corrected chi connectivity index (χ2v) is 7.17. The van der Waals surface area contributed by atoms with Crippen molar-refractivity contribution in [1.29, 1.82) is 0 Å². The van der Waals surface area contributed by atoms with Gasteiger partial charge in [-0.25, -0.2) is 4.57 Å². The number of carboxylic acid groups (broad SMARTS) is 1. The number of azo groups is 1. The van der Waals surface area contributed by atoms with Crippen LogP contribution in [0.15, 0.2) is 71.0 Å². The number of aromatic nitrogens is 1. The number of carboxylic acids is 1. The fourth-order valence-corrected chi connectivity index (χ4v) is 3.16. The quantitative estimate of drug-likeness (QED) is 0.459. The maximum absolute atomic E-state index is 8.89. The molecule has 3 aromatic rings. The molecule has 0 N–H and O–H groups in total. The number of carbonyl (C=O) groups excluding carboxylic acids is 1. The van der Waals surface area contributed by atoms with Gasteiger partial charge in [0.15, 0.2) is 0 Å². The van der Waals surface area contributed by atoms with Crippen molar-refractivity contribution in [2.24, 2.45) is 17.3 Å². The van der Waals surface area contributed by atoms with Crippen LogP contribution in [0.5, 0.6) is 5.06 Å². The number of hydrogen-bond acceptors (Lipinski definition) is 7. The minimum atomic E-state index is -1.08. The molecule has 0 unspecified atom stereocenters. The fourth-order valence-electron chi connectivity index (χ4n) is 2.41. The van der Waals surface area contributed by atoms with Crippen LogP contribution >= 0.6 is 11.3 Å². The topological polar surface area (TPSA) is 81.2 Å². The van der Waals surface area contributed by atoms with Gasteiger partial charge in [0.2, 0.25) is 5.06 Å². The summed E-state index contributed by atoms with van der Waals surface area (Å²) >= 11 is 1.46. The molecule has 7 nitrogen and oxygen atoms in total. The maximum Gasteiger partial charge on any atom is 0.411 e. The number of anilines is 1. The van der Waals surface area contributed by atoms with Crippen molar-refractivity contribution in [2.75, 3.05) is 19.1 Å². The highest BCUT2D eigenvalue weighted by Crippen LogP contribution is 2.27. The molecule has 0 saturated heterocycles. The predicted octanol–water partition coefficient (Wildman–Crippen LogP) is 3.39. The third-order valence-electron chi connectivity index (χ3n) is 3.80. The molecule has 0 aliphatic heterocycles. The zero-order valence-electron chi connectivity index (χ0n) is 16.9. The molecule has 8 heteroatoms. The SMILES string of the molecule is CC(=O)[O-].COc1c[n+](C)c(N=Nc2ccc(N(C)Cc3ccccc3)cc2)s1. The molecule has 0 amide bonds. The van der Waals surface area contributed by atoms with Crippen LogP contribution in [0.25, 0.3) is 0 Å². The summed E-state index contributed by atoms with van der Waals surface area (Å²) in [5.41, 5.74) is 3.25. The highest BCUT2D eigenvalue weighted by Gasteiger charge is 2.13. The van der Waals surface area contributed by atoms with Crippen molar-refractivity contribution >= 4 is 33.8 Å². The second kappa shape index (κ2) is 10.9. The Morgan fingerprint density at radius 1 is 1.14 bits per heavy atom. The Morgan fingerprint density at radius 3 is 2.31 bits per heavy atom. The molecule has 0 fully saturated rings. The van der Waals surface area contributed by atoms with Crippen LogP contribution < -0.4 is 19.3 Å². The summed E-state index contributed by atoms with van der Waals surface area (Å²) in [5, 5.41) is 19.1. The maximum atomic E-state index is 8.89. The first-order valence-corrected chi connectivity index (χ1v) is 9.68. The highest BCUT2D eigenvalue weighted by molar-refractivity contribution is 7.16. The van der Waals surface area contributed by atoms with Gasteiger partial charge in [-0.1, -0.05) is 30.3 Å². The Hall–Kier alpha value is -3.26. The van der Waals surface area contributed by atoms with E-state index in [0.717, 1.165) is 35.0 Å². The molecule has 0 bridgehead atoms. The van der Waals surface area contributed by atoms with E-state index in [9.17, 15) is 0 Å². The Balaban J connectivity index is 0.000000687. The monoisotopic (exact) mass is 412 g/mol. The van der Waals surface area contributed by atoms with Gasteiger partial charge in [0.05, 0.1) is 19.3 Å². The summed E-state index contributed by atoms with van der Waals surface area (Å²) in [5.74, 6) is -1.08. The number of carbonyl (C=O) groups is 1. The summed E-state index contributed by atoms with van der Waals surface area (Å²) < 4.78 is 7.11. The first-order valence-electron chi connectivity index (χ1n) is 8.87. The second-order valence-electron chi connectivity index (χ2n) is 6.20. The Morgan fingerprint density at radius 2 is 1.76 bits per heavy atom. The Bertz CT molecular complexity index is 936. The molecular formula is C21H24N4O3S. The van der Waals surface area contributed by atoms with Crippen LogP contribution in [0.3, 0.4) is 0 Å². The van der Waals surface area contributed by atoms with Crippen molar-refractivity contribution in [1.82, 2.24) is 0 Å². The average Bonchev–Trinajstić information content (AvgIpc) is 3.07. The van der Waals surface area contributed by atoms with Crippen molar-refractivity contribution in [2.45, 2.75) is 13.5 Å². The first kappa shape index (κ1) is 22.0. The van der Waals surface area contributed by atoms with E-state index in [0.29, 0.717) is 0 Å². The molecule has 1 aromatic heterocycles. The third kappa shape index (κ3) is 7.34. The number of benzene rings is 2. The number of methoxy groups -OCH3 is 1. The summed E-state index contributed by atoms with van der Waals surface area (Å²) in [7, 11) is 5.66. The van der Waals surface area contributed by atoms with E-state index in [-0.39, 0.29) is 0 Å². The largest absolute Gasteiger partial charge is 0.550 e. The lowest BCUT2D eigenvalue weighted by Gasteiger charge is -2.19. The summed E-state index contributed by atoms with van der Waals surface area (Å²) in [6.07, 6.45) is 1.89. The molecule has 3 rings (SSSR count). The summed E-state index contributed by atoms with van der Waals surface area (Å²) in [4.78, 5) is 11.1. The van der Waals surface area contributed by atoms with Gasteiger partial charge in [-0.2, -0.15) is 0 Å². The van der Waals surface area contributed by atoms with E-state index < -0.39 is 5.97 Å². The van der Waals surface area contributed by atoms with Gasteiger partial charge in [-0.05, 0) is 53.2 Å². The average molecular weight is 413 g/mol. The van der Waals surface area contributed by atoms with Gasteiger partial charge in [0.1, 0.15) is 11.9 Å². The molecule has 0 atom stereocenters. The Kier molecular flexibility index (Phi) is 8.29. The molecule has 0 aliphatic rings. The number of hydrogen-bond donors (Lipinski definition) is 0. The van der Waals surface area contributed by atoms with Gasteiger partial charge < -0.3 is 19.5 Å². The van der Waals surface area contributed by atoms with E-state index in [1.54, 1.807) is 7.11 Å². The molecule has 29 heavy (non-hydrogen) atoms. The van der Waals surface area contributed by atoms with Crippen LogP contribution in [-0.4, -0.2) is 20.1 Å². The minimum absolute atomic E-state index is 0.794. The molecule has 0 radical (unpaired) electrons. The van der Waals surface area contributed by atoms with E-state index in [1.165, 1.54) is 16.9 Å². The number of aliphatic carboxylic acids is 1. The van der Waals surface area contributed by atoms with E-state index in [4.69, 9.17) is 14.6 Å². The van der Waals surface area contributed by atoms with E-state index in [2.05, 4.69) is 58.6 Å². The van der Waals surface area contributed by atoms with Crippen molar-refractivity contribution < 1.29 is 19.2 Å². The lowest BCUT2D eigenvalue weighted by molar-refractivity contribution is -0.654. The highest BCUT2D eigenvalue weighted by atomic mass is 32.1. The molecule has 0 spiro atoms. The molecule has 152 valence electrons. The lowest BCUT2D eigenvalue weighted by atomic mass is 10.2. The third-order valence-corrected chi connectivity index (χ3v) is 4.82. The van der Waals surface area contributed by atoms with Crippen LogP contribution in [0.4, 0.5) is 16.5 Å². The molecule has 1 heterocycles. The van der Waals surface area contributed by atoms with Gasteiger partial charge in [0, 0.05) is 25.2 Å².